The molecule has 1 unspecified atom stereocenters. The first kappa shape index (κ1) is 15.5. The van der Waals surface area contributed by atoms with Gasteiger partial charge in [0.15, 0.2) is 0 Å². The van der Waals surface area contributed by atoms with Gasteiger partial charge in [0.2, 0.25) is 0 Å². The summed E-state index contributed by atoms with van der Waals surface area (Å²) < 4.78 is 19.0. The molecule has 0 aliphatic rings. The summed E-state index contributed by atoms with van der Waals surface area (Å²) in [4.78, 5) is 0. The summed E-state index contributed by atoms with van der Waals surface area (Å²) in [5, 5.41) is 0. The Balaban J connectivity index is 2.58. The molecule has 112 valence electrons. The second-order valence-electron chi connectivity index (χ2n) is 5.31. The van der Waals surface area contributed by atoms with Crippen molar-refractivity contribution in [3.8, 4) is 5.75 Å². The van der Waals surface area contributed by atoms with Crippen LogP contribution < -0.4 is 16.0 Å². The van der Waals surface area contributed by atoms with Gasteiger partial charge in [0, 0.05) is 5.56 Å². The highest BCUT2D eigenvalue weighted by Crippen LogP contribution is 2.34. The van der Waals surface area contributed by atoms with Crippen LogP contribution in [0, 0.1) is 26.6 Å². The second kappa shape index (κ2) is 6.24. The largest absolute Gasteiger partial charge is 0.496 e. The van der Waals surface area contributed by atoms with E-state index in [1.54, 1.807) is 26.2 Å². The number of ether oxygens (including phenoxy) is 1. The number of halogens is 1. The van der Waals surface area contributed by atoms with Crippen LogP contribution in [0.2, 0.25) is 0 Å². The SMILES string of the molecule is COc1cc(C)cc(C)c1C(NN)c1ccc(F)c(C)c1. The number of hydrogen-bond donors (Lipinski definition) is 2. The van der Waals surface area contributed by atoms with Gasteiger partial charge in [-0.3, -0.25) is 5.84 Å². The Morgan fingerprint density at radius 2 is 1.81 bits per heavy atom. The van der Waals surface area contributed by atoms with Crippen molar-refractivity contribution < 1.29 is 9.13 Å². The predicted octanol–water partition coefficient (Wildman–Crippen LogP) is 3.31. The van der Waals surface area contributed by atoms with Crippen molar-refractivity contribution in [1.29, 1.82) is 0 Å². The number of benzene rings is 2. The van der Waals surface area contributed by atoms with Crippen molar-refractivity contribution in [3.63, 3.8) is 0 Å². The van der Waals surface area contributed by atoms with Gasteiger partial charge in [-0.25, -0.2) is 9.82 Å². The molecule has 2 rings (SSSR count). The van der Waals surface area contributed by atoms with Crippen LogP contribution in [0.1, 0.15) is 33.9 Å². The molecule has 0 amide bonds. The number of hydrazine groups is 1. The molecule has 4 heteroatoms. The Bertz CT molecular complexity index is 655. The first-order valence-corrected chi connectivity index (χ1v) is 6.85. The molecule has 0 radical (unpaired) electrons. The Labute approximate surface area is 124 Å². The molecule has 3 nitrogen and oxygen atoms in total. The molecule has 21 heavy (non-hydrogen) atoms. The number of nitrogens with one attached hydrogen (secondary N) is 1. The molecule has 0 fully saturated rings. The summed E-state index contributed by atoms with van der Waals surface area (Å²) in [5.41, 5.74) is 7.49. The van der Waals surface area contributed by atoms with Crippen LogP contribution in [0.15, 0.2) is 30.3 Å². The highest BCUT2D eigenvalue weighted by molar-refractivity contribution is 5.49. The van der Waals surface area contributed by atoms with Crippen LogP contribution in [0.25, 0.3) is 0 Å². The fourth-order valence-corrected chi connectivity index (χ4v) is 2.67. The maximum absolute atomic E-state index is 13.5. The van der Waals surface area contributed by atoms with E-state index in [1.165, 1.54) is 6.07 Å². The Hall–Kier alpha value is -1.91. The van der Waals surface area contributed by atoms with E-state index in [-0.39, 0.29) is 11.9 Å². The molecule has 1 atom stereocenters. The highest BCUT2D eigenvalue weighted by atomic mass is 19.1. The highest BCUT2D eigenvalue weighted by Gasteiger charge is 2.20. The fraction of sp³-hybridized carbons (Fsp3) is 0.294. The zero-order valence-electron chi connectivity index (χ0n) is 12.8. The Morgan fingerprint density at radius 1 is 1.10 bits per heavy atom. The molecule has 0 saturated heterocycles. The van der Waals surface area contributed by atoms with Crippen molar-refractivity contribution in [2.75, 3.05) is 7.11 Å². The number of methoxy groups -OCH3 is 1. The van der Waals surface area contributed by atoms with Crippen LogP contribution in [-0.4, -0.2) is 7.11 Å². The van der Waals surface area contributed by atoms with E-state index in [4.69, 9.17) is 10.6 Å². The monoisotopic (exact) mass is 288 g/mol. The lowest BCUT2D eigenvalue weighted by atomic mass is 9.92. The van der Waals surface area contributed by atoms with Crippen molar-refractivity contribution in [1.82, 2.24) is 5.43 Å². The molecule has 0 aliphatic carbocycles. The van der Waals surface area contributed by atoms with Crippen LogP contribution >= 0.6 is 0 Å². The lowest BCUT2D eigenvalue weighted by Gasteiger charge is -2.22. The van der Waals surface area contributed by atoms with Crippen molar-refractivity contribution in [3.05, 3.63) is 64.0 Å². The third-order valence-electron chi connectivity index (χ3n) is 3.68. The quantitative estimate of drug-likeness (QED) is 0.670. The molecule has 0 heterocycles. The van der Waals surface area contributed by atoms with E-state index in [9.17, 15) is 4.39 Å². The minimum atomic E-state index is -0.250. The third-order valence-corrected chi connectivity index (χ3v) is 3.68. The van der Waals surface area contributed by atoms with Crippen LogP contribution in [0.5, 0.6) is 5.75 Å². The number of aryl methyl sites for hydroxylation is 3. The van der Waals surface area contributed by atoms with E-state index in [0.717, 1.165) is 28.0 Å². The summed E-state index contributed by atoms with van der Waals surface area (Å²) >= 11 is 0. The minimum absolute atomic E-state index is 0.220. The van der Waals surface area contributed by atoms with Gasteiger partial charge in [0.05, 0.1) is 13.2 Å². The lowest BCUT2D eigenvalue weighted by molar-refractivity contribution is 0.403. The van der Waals surface area contributed by atoms with Gasteiger partial charge in [-0.1, -0.05) is 18.2 Å². The molecule has 0 aliphatic heterocycles. The van der Waals surface area contributed by atoms with E-state index in [0.29, 0.717) is 5.56 Å². The first-order valence-electron chi connectivity index (χ1n) is 6.85. The second-order valence-corrected chi connectivity index (χ2v) is 5.31. The summed E-state index contributed by atoms with van der Waals surface area (Å²) in [6.07, 6.45) is 0. The van der Waals surface area contributed by atoms with Crippen molar-refractivity contribution in [2.24, 2.45) is 5.84 Å². The van der Waals surface area contributed by atoms with Crippen LogP contribution in [-0.2, 0) is 0 Å². The minimum Gasteiger partial charge on any atom is -0.496 e. The van der Waals surface area contributed by atoms with Crippen LogP contribution in [0.4, 0.5) is 4.39 Å². The van der Waals surface area contributed by atoms with Gasteiger partial charge < -0.3 is 4.74 Å². The number of nitrogens with two attached hydrogens (primary N) is 1. The van der Waals surface area contributed by atoms with Gasteiger partial charge in [0.25, 0.3) is 0 Å². The van der Waals surface area contributed by atoms with Crippen LogP contribution in [0.3, 0.4) is 0 Å². The molecular formula is C17H21FN2O. The average Bonchev–Trinajstić information content (AvgIpc) is 2.45. The van der Waals surface area contributed by atoms with Gasteiger partial charge in [-0.05, 0) is 55.2 Å². The van der Waals surface area contributed by atoms with Gasteiger partial charge in [-0.15, -0.1) is 0 Å². The molecular weight excluding hydrogens is 267 g/mol. The molecule has 2 aromatic carbocycles. The van der Waals surface area contributed by atoms with Crippen molar-refractivity contribution in [2.45, 2.75) is 26.8 Å². The summed E-state index contributed by atoms with van der Waals surface area (Å²) in [7, 11) is 1.64. The Kier molecular flexibility index (Phi) is 4.60. The third kappa shape index (κ3) is 3.06. The molecule has 0 aromatic heterocycles. The van der Waals surface area contributed by atoms with E-state index in [1.807, 2.05) is 19.9 Å². The zero-order chi connectivity index (χ0) is 15.6. The predicted molar refractivity (Wildman–Crippen MR) is 82.8 cm³/mol. The van der Waals surface area contributed by atoms with E-state index in [2.05, 4.69) is 11.5 Å². The first-order chi connectivity index (χ1) is 9.97. The summed E-state index contributed by atoms with van der Waals surface area (Å²) in [6, 6.07) is 8.82. The molecule has 3 N–H and O–H groups in total. The summed E-state index contributed by atoms with van der Waals surface area (Å²) in [6.45, 7) is 5.78. The standard InChI is InChI=1S/C17H21FN2O/c1-10-7-12(3)16(15(8-10)21-4)17(20-19)13-5-6-14(18)11(2)9-13/h5-9,17,20H,19H2,1-4H3. The van der Waals surface area contributed by atoms with Crippen molar-refractivity contribution >= 4 is 0 Å². The molecule has 0 bridgehead atoms. The van der Waals surface area contributed by atoms with Gasteiger partial charge >= 0.3 is 0 Å². The van der Waals surface area contributed by atoms with Gasteiger partial charge in [-0.2, -0.15) is 0 Å². The maximum Gasteiger partial charge on any atom is 0.126 e. The van der Waals surface area contributed by atoms with E-state index >= 15 is 0 Å². The number of rotatable bonds is 4. The summed E-state index contributed by atoms with van der Waals surface area (Å²) in [5.74, 6) is 6.31. The fourth-order valence-electron chi connectivity index (χ4n) is 2.67. The normalized spacial score (nSPS) is 12.3. The lowest BCUT2D eigenvalue weighted by Crippen LogP contribution is -2.30. The zero-order valence-corrected chi connectivity index (χ0v) is 12.8. The van der Waals surface area contributed by atoms with E-state index < -0.39 is 0 Å². The molecule has 2 aromatic rings. The molecule has 0 spiro atoms. The average molecular weight is 288 g/mol. The number of hydrogen-bond acceptors (Lipinski definition) is 3. The maximum atomic E-state index is 13.5. The van der Waals surface area contributed by atoms with Gasteiger partial charge in [0.1, 0.15) is 11.6 Å². The topological polar surface area (TPSA) is 47.3 Å². The smallest absolute Gasteiger partial charge is 0.126 e. The molecule has 0 saturated carbocycles. The Morgan fingerprint density at radius 3 is 2.38 bits per heavy atom.